The molecule has 0 fully saturated rings. The Hall–Kier alpha value is -2.24. The van der Waals surface area contributed by atoms with Gasteiger partial charge in [0.1, 0.15) is 0 Å². The Morgan fingerprint density at radius 3 is 2.32 bits per heavy atom. The van der Waals surface area contributed by atoms with Crippen molar-refractivity contribution < 1.29 is 19.1 Å². The molecule has 1 amide bonds. The van der Waals surface area contributed by atoms with Crippen molar-refractivity contribution in [3.05, 3.63) is 23.8 Å². The maximum Gasteiger partial charge on any atom is 0.266 e. The van der Waals surface area contributed by atoms with Crippen LogP contribution in [0.15, 0.2) is 23.4 Å². The Kier molecular flexibility index (Phi) is 8.25. The van der Waals surface area contributed by atoms with Crippen molar-refractivity contribution in [2.24, 2.45) is 5.16 Å². The first-order valence-corrected chi connectivity index (χ1v) is 8.64. The third-order valence-corrected chi connectivity index (χ3v) is 3.62. The summed E-state index contributed by atoms with van der Waals surface area (Å²) in [6.45, 7) is 12.1. The number of ether oxygens (including phenoxy) is 2. The molecule has 1 unspecified atom stereocenters. The third-order valence-electron chi connectivity index (χ3n) is 3.62. The van der Waals surface area contributed by atoms with Gasteiger partial charge in [-0.3, -0.25) is 4.79 Å². The predicted octanol–water partition coefficient (Wildman–Crippen LogP) is 3.48. The van der Waals surface area contributed by atoms with Gasteiger partial charge in [-0.05, 0) is 59.7 Å². The lowest BCUT2D eigenvalue weighted by Crippen LogP contribution is -2.46. The molecule has 0 saturated carbocycles. The van der Waals surface area contributed by atoms with Gasteiger partial charge in [0.15, 0.2) is 11.5 Å². The average molecular weight is 350 g/mol. The van der Waals surface area contributed by atoms with Crippen LogP contribution in [0.25, 0.3) is 0 Å². The summed E-state index contributed by atoms with van der Waals surface area (Å²) in [7, 11) is 1.59. The minimum Gasteiger partial charge on any atom is -0.493 e. The van der Waals surface area contributed by atoms with Crippen molar-refractivity contribution in [2.45, 2.75) is 59.7 Å². The molecule has 1 atom stereocenters. The molecule has 6 nitrogen and oxygen atoms in total. The molecule has 0 heterocycles. The zero-order chi connectivity index (χ0) is 19.0. The molecule has 1 aromatic rings. The highest BCUT2D eigenvalue weighted by atomic mass is 16.6. The van der Waals surface area contributed by atoms with Gasteiger partial charge in [0, 0.05) is 17.6 Å². The number of carbonyl (C=O) groups is 1. The van der Waals surface area contributed by atoms with Gasteiger partial charge in [-0.15, -0.1) is 0 Å². The molecule has 1 rings (SSSR count). The number of benzene rings is 1. The number of amides is 1. The highest BCUT2D eigenvalue weighted by molar-refractivity contribution is 5.82. The molecule has 0 aliphatic rings. The molecule has 0 spiro atoms. The topological polar surface area (TPSA) is 60.4 Å². The number of rotatable bonds is 9. The molecule has 0 saturated heterocycles. The number of methoxy groups -OCH3 is 1. The molecule has 0 N–H and O–H groups in total. The van der Waals surface area contributed by atoms with Crippen molar-refractivity contribution in [3.63, 3.8) is 0 Å². The van der Waals surface area contributed by atoms with E-state index in [-0.39, 0.29) is 18.0 Å². The summed E-state index contributed by atoms with van der Waals surface area (Å²) in [5, 5.41) is 3.95. The summed E-state index contributed by atoms with van der Waals surface area (Å²) in [5.41, 5.74) is 0.796. The lowest BCUT2D eigenvalue weighted by molar-refractivity contribution is -0.146. The second kappa shape index (κ2) is 9.91. The van der Waals surface area contributed by atoms with Crippen LogP contribution in [-0.4, -0.2) is 48.9 Å². The van der Waals surface area contributed by atoms with Gasteiger partial charge in [-0.1, -0.05) is 5.16 Å². The first kappa shape index (κ1) is 20.8. The van der Waals surface area contributed by atoms with E-state index < -0.39 is 6.10 Å². The first-order valence-electron chi connectivity index (χ1n) is 8.64. The summed E-state index contributed by atoms with van der Waals surface area (Å²) < 4.78 is 10.8. The summed E-state index contributed by atoms with van der Waals surface area (Å²) in [4.78, 5) is 19.6. The van der Waals surface area contributed by atoms with E-state index in [2.05, 4.69) is 5.16 Å². The molecule has 0 aliphatic heterocycles. The Labute approximate surface area is 150 Å². The van der Waals surface area contributed by atoms with Gasteiger partial charge in [0.2, 0.25) is 6.10 Å². The zero-order valence-electron chi connectivity index (χ0n) is 16.3. The Balaban J connectivity index is 2.75. The normalized spacial score (nSPS) is 12.5. The van der Waals surface area contributed by atoms with Crippen LogP contribution in [0.2, 0.25) is 0 Å². The largest absolute Gasteiger partial charge is 0.493 e. The molecule has 1 aromatic carbocycles. The highest BCUT2D eigenvalue weighted by Gasteiger charge is 2.26. The molecule has 25 heavy (non-hydrogen) atoms. The van der Waals surface area contributed by atoms with E-state index in [1.807, 2.05) is 46.8 Å². The van der Waals surface area contributed by atoms with Crippen LogP contribution >= 0.6 is 0 Å². The molecular formula is C19H30N2O4. The summed E-state index contributed by atoms with van der Waals surface area (Å²) >= 11 is 0. The number of hydrogen-bond donors (Lipinski definition) is 0. The Morgan fingerprint density at radius 2 is 1.80 bits per heavy atom. The smallest absolute Gasteiger partial charge is 0.266 e. The molecular weight excluding hydrogens is 320 g/mol. The average Bonchev–Trinajstić information content (AvgIpc) is 2.55. The van der Waals surface area contributed by atoms with E-state index in [4.69, 9.17) is 14.3 Å². The molecule has 0 radical (unpaired) electrons. The number of hydrogen-bond acceptors (Lipinski definition) is 5. The fraction of sp³-hybridized carbons (Fsp3) is 0.579. The van der Waals surface area contributed by atoms with Crippen molar-refractivity contribution >= 4 is 12.1 Å². The van der Waals surface area contributed by atoms with Crippen LogP contribution in [0, 0.1) is 0 Å². The Bertz CT molecular complexity index is 577. The van der Waals surface area contributed by atoms with Crippen molar-refractivity contribution in [2.75, 3.05) is 13.7 Å². The van der Waals surface area contributed by atoms with E-state index in [0.717, 1.165) is 5.56 Å². The summed E-state index contributed by atoms with van der Waals surface area (Å²) in [6.07, 6.45) is 0.905. The maximum atomic E-state index is 12.5. The molecule has 140 valence electrons. The third kappa shape index (κ3) is 5.96. The first-order chi connectivity index (χ1) is 11.8. The SMILES string of the molecule is CCOc1ccc(C=NOC(C)C(=O)N(C(C)C)C(C)C)cc1OC. The van der Waals surface area contributed by atoms with Crippen LogP contribution in [0.1, 0.15) is 47.1 Å². The quantitative estimate of drug-likeness (QED) is 0.505. The predicted molar refractivity (Wildman–Crippen MR) is 99.4 cm³/mol. The summed E-state index contributed by atoms with van der Waals surface area (Å²) in [6, 6.07) is 5.69. The minimum absolute atomic E-state index is 0.0774. The van der Waals surface area contributed by atoms with E-state index in [0.29, 0.717) is 18.1 Å². The van der Waals surface area contributed by atoms with Gasteiger partial charge in [0.05, 0.1) is 19.9 Å². The van der Waals surface area contributed by atoms with E-state index in [1.54, 1.807) is 31.2 Å². The lowest BCUT2D eigenvalue weighted by Gasteiger charge is -2.32. The molecule has 6 heteroatoms. The highest BCUT2D eigenvalue weighted by Crippen LogP contribution is 2.27. The fourth-order valence-corrected chi connectivity index (χ4v) is 2.58. The Morgan fingerprint density at radius 1 is 1.16 bits per heavy atom. The molecule has 0 aromatic heterocycles. The second-order valence-electron chi connectivity index (χ2n) is 6.26. The van der Waals surface area contributed by atoms with Gasteiger partial charge in [0.25, 0.3) is 5.91 Å². The molecule has 0 bridgehead atoms. The van der Waals surface area contributed by atoms with Crippen molar-refractivity contribution in [3.8, 4) is 11.5 Å². The zero-order valence-corrected chi connectivity index (χ0v) is 16.3. The van der Waals surface area contributed by atoms with Crippen molar-refractivity contribution in [1.82, 2.24) is 4.90 Å². The van der Waals surface area contributed by atoms with Crippen LogP contribution in [0.4, 0.5) is 0 Å². The number of carbonyl (C=O) groups excluding carboxylic acids is 1. The standard InChI is InChI=1S/C19H30N2O4/c1-8-24-17-10-9-16(11-18(17)23-7)12-20-25-15(6)19(22)21(13(2)3)14(4)5/h9-15H,8H2,1-7H3. The van der Waals surface area contributed by atoms with Crippen LogP contribution in [0.3, 0.4) is 0 Å². The monoisotopic (exact) mass is 350 g/mol. The number of nitrogens with zero attached hydrogens (tertiary/aromatic N) is 2. The minimum atomic E-state index is -0.648. The van der Waals surface area contributed by atoms with Gasteiger partial charge >= 0.3 is 0 Å². The van der Waals surface area contributed by atoms with Crippen LogP contribution in [-0.2, 0) is 9.63 Å². The summed E-state index contributed by atoms with van der Waals surface area (Å²) in [5.74, 6) is 1.23. The van der Waals surface area contributed by atoms with E-state index in [9.17, 15) is 4.79 Å². The second-order valence-corrected chi connectivity index (χ2v) is 6.26. The van der Waals surface area contributed by atoms with Gasteiger partial charge < -0.3 is 19.2 Å². The fourth-order valence-electron chi connectivity index (χ4n) is 2.58. The van der Waals surface area contributed by atoms with E-state index in [1.165, 1.54) is 0 Å². The van der Waals surface area contributed by atoms with Crippen molar-refractivity contribution in [1.29, 1.82) is 0 Å². The van der Waals surface area contributed by atoms with Gasteiger partial charge in [-0.2, -0.15) is 0 Å². The van der Waals surface area contributed by atoms with Gasteiger partial charge in [-0.25, -0.2) is 0 Å². The number of oxime groups is 1. The van der Waals surface area contributed by atoms with E-state index >= 15 is 0 Å². The maximum absolute atomic E-state index is 12.5. The van der Waals surface area contributed by atoms with Crippen LogP contribution in [0.5, 0.6) is 11.5 Å². The van der Waals surface area contributed by atoms with Crippen LogP contribution < -0.4 is 9.47 Å². The molecule has 0 aliphatic carbocycles. The lowest BCUT2D eigenvalue weighted by atomic mass is 10.2.